The van der Waals surface area contributed by atoms with Crippen LogP contribution in [0.1, 0.15) is 19.3 Å². The molecule has 10 heteroatoms. The summed E-state index contributed by atoms with van der Waals surface area (Å²) in [5.41, 5.74) is 4.94. The number of amides is 3. The molecule has 3 amide bonds. The highest BCUT2D eigenvalue weighted by molar-refractivity contribution is 7.91. The Morgan fingerprint density at radius 3 is 2.48 bits per heavy atom. The Labute approximate surface area is 122 Å². The lowest BCUT2D eigenvalue weighted by atomic mass is 10.1. The van der Waals surface area contributed by atoms with Crippen LogP contribution in [0.2, 0.25) is 0 Å². The van der Waals surface area contributed by atoms with Crippen LogP contribution in [-0.2, 0) is 19.4 Å². The van der Waals surface area contributed by atoms with E-state index in [1.54, 1.807) is 0 Å². The Balaban J connectivity index is 2.60. The Hall–Kier alpha value is -1.84. The van der Waals surface area contributed by atoms with Gasteiger partial charge in [-0.2, -0.15) is 0 Å². The first-order chi connectivity index (χ1) is 9.62. The number of nitrogens with one attached hydrogen (secondary N) is 1. The molecule has 0 aromatic rings. The molecule has 1 saturated heterocycles. The van der Waals surface area contributed by atoms with Crippen LogP contribution in [0.5, 0.6) is 0 Å². The molecule has 0 saturated carbocycles. The summed E-state index contributed by atoms with van der Waals surface area (Å²) in [5, 5.41) is 11.2. The molecule has 1 aliphatic heterocycles. The Morgan fingerprint density at radius 1 is 1.43 bits per heavy atom. The zero-order chi connectivity index (χ0) is 16.2. The molecule has 1 rings (SSSR count). The lowest BCUT2D eigenvalue weighted by molar-refractivity contribution is -0.139. The molecule has 4 N–H and O–H groups in total. The molecule has 9 nitrogen and oxygen atoms in total. The first-order valence-corrected chi connectivity index (χ1v) is 8.19. The quantitative estimate of drug-likeness (QED) is 0.544. The number of aliphatic carboxylic acids is 1. The Morgan fingerprint density at radius 2 is 2.05 bits per heavy atom. The van der Waals surface area contributed by atoms with Gasteiger partial charge in [0.15, 0.2) is 9.84 Å². The monoisotopic (exact) mass is 321 g/mol. The van der Waals surface area contributed by atoms with Crippen molar-refractivity contribution >= 4 is 27.7 Å². The van der Waals surface area contributed by atoms with Crippen molar-refractivity contribution < 1.29 is 27.9 Å². The van der Waals surface area contributed by atoms with Crippen molar-refractivity contribution in [3.8, 4) is 0 Å². The van der Waals surface area contributed by atoms with Gasteiger partial charge in [0.05, 0.1) is 11.5 Å². The number of urea groups is 1. The predicted molar refractivity (Wildman–Crippen MR) is 73.2 cm³/mol. The van der Waals surface area contributed by atoms with Gasteiger partial charge in [0, 0.05) is 19.5 Å². The lowest BCUT2D eigenvalue weighted by Crippen LogP contribution is -2.50. The van der Waals surface area contributed by atoms with E-state index in [4.69, 9.17) is 10.8 Å². The zero-order valence-electron chi connectivity index (χ0n) is 11.6. The molecule has 0 aromatic heterocycles. The summed E-state index contributed by atoms with van der Waals surface area (Å²) in [7, 11) is -1.73. The van der Waals surface area contributed by atoms with Gasteiger partial charge in [-0.3, -0.25) is 4.79 Å². The van der Waals surface area contributed by atoms with E-state index in [0.717, 1.165) is 0 Å². The minimum absolute atomic E-state index is 0.0132. The van der Waals surface area contributed by atoms with E-state index in [0.29, 0.717) is 6.42 Å². The Kier molecular flexibility index (Phi) is 5.53. The van der Waals surface area contributed by atoms with Gasteiger partial charge in [-0.25, -0.2) is 18.0 Å². The fourth-order valence-corrected chi connectivity index (χ4v) is 3.82. The third-order valence-corrected chi connectivity index (χ3v) is 5.10. The van der Waals surface area contributed by atoms with Crippen molar-refractivity contribution in [1.82, 2.24) is 10.2 Å². The van der Waals surface area contributed by atoms with Crippen LogP contribution in [0.15, 0.2) is 0 Å². The van der Waals surface area contributed by atoms with Crippen molar-refractivity contribution in [2.24, 2.45) is 5.73 Å². The van der Waals surface area contributed by atoms with E-state index >= 15 is 0 Å². The minimum atomic E-state index is -3.14. The topological polar surface area (TPSA) is 147 Å². The van der Waals surface area contributed by atoms with E-state index in [-0.39, 0.29) is 24.3 Å². The summed E-state index contributed by atoms with van der Waals surface area (Å²) in [6.07, 6.45) is 0.0389. The standard InChI is InChI=1S/C11H19N3O6S/c1-14(7-4-5-21(19,20)6-7)11(18)13-8(10(16)17)2-3-9(12)15/h7-8H,2-6H2,1H3,(H2,12,15)(H,13,18)(H,16,17)/t7?,8-/m1/s1. The summed E-state index contributed by atoms with van der Waals surface area (Å²) >= 11 is 0. The molecule has 0 radical (unpaired) electrons. The van der Waals surface area contributed by atoms with Crippen molar-refractivity contribution in [3.63, 3.8) is 0 Å². The summed E-state index contributed by atoms with van der Waals surface area (Å²) in [4.78, 5) is 34.8. The highest BCUT2D eigenvalue weighted by Gasteiger charge is 2.33. The number of nitrogens with zero attached hydrogens (tertiary/aromatic N) is 1. The van der Waals surface area contributed by atoms with Gasteiger partial charge in [0.25, 0.3) is 0 Å². The molecule has 2 atom stereocenters. The number of carboxylic acids is 1. The highest BCUT2D eigenvalue weighted by Crippen LogP contribution is 2.16. The van der Waals surface area contributed by atoms with Gasteiger partial charge in [-0.15, -0.1) is 0 Å². The van der Waals surface area contributed by atoms with E-state index < -0.39 is 39.8 Å². The maximum absolute atomic E-state index is 11.9. The largest absolute Gasteiger partial charge is 0.480 e. The summed E-state index contributed by atoms with van der Waals surface area (Å²) in [5.74, 6) is -2.06. The van der Waals surface area contributed by atoms with Gasteiger partial charge in [0.1, 0.15) is 6.04 Å². The van der Waals surface area contributed by atoms with Gasteiger partial charge in [-0.05, 0) is 12.8 Å². The molecule has 1 unspecified atom stereocenters. The molecule has 0 spiro atoms. The van der Waals surface area contributed by atoms with Crippen LogP contribution in [0.4, 0.5) is 4.79 Å². The maximum atomic E-state index is 11.9. The van der Waals surface area contributed by atoms with Crippen LogP contribution in [0.25, 0.3) is 0 Å². The molecule has 0 aliphatic carbocycles. The van der Waals surface area contributed by atoms with Crippen LogP contribution >= 0.6 is 0 Å². The molecule has 1 fully saturated rings. The minimum Gasteiger partial charge on any atom is -0.480 e. The second-order valence-corrected chi connectivity index (χ2v) is 7.24. The number of hydrogen-bond donors (Lipinski definition) is 3. The van der Waals surface area contributed by atoms with E-state index in [1.165, 1.54) is 11.9 Å². The van der Waals surface area contributed by atoms with Crippen LogP contribution < -0.4 is 11.1 Å². The number of rotatable bonds is 6. The first kappa shape index (κ1) is 17.2. The smallest absolute Gasteiger partial charge is 0.326 e. The summed E-state index contributed by atoms with van der Waals surface area (Å²) in [6, 6.07) is -2.40. The van der Waals surface area contributed by atoms with Crippen molar-refractivity contribution in [1.29, 1.82) is 0 Å². The lowest BCUT2D eigenvalue weighted by Gasteiger charge is -2.25. The second kappa shape index (κ2) is 6.74. The average Bonchev–Trinajstić information content (AvgIpc) is 2.73. The fourth-order valence-electron chi connectivity index (χ4n) is 2.04. The molecule has 0 bridgehead atoms. The number of hydrogen-bond acceptors (Lipinski definition) is 5. The molecular weight excluding hydrogens is 302 g/mol. The van der Waals surface area contributed by atoms with Crippen molar-refractivity contribution in [3.05, 3.63) is 0 Å². The highest BCUT2D eigenvalue weighted by atomic mass is 32.2. The van der Waals surface area contributed by atoms with Crippen LogP contribution in [0.3, 0.4) is 0 Å². The van der Waals surface area contributed by atoms with Crippen molar-refractivity contribution in [2.45, 2.75) is 31.3 Å². The molecule has 120 valence electrons. The van der Waals surface area contributed by atoms with Crippen LogP contribution in [0, 0.1) is 0 Å². The number of primary amides is 1. The molecule has 21 heavy (non-hydrogen) atoms. The van der Waals surface area contributed by atoms with Crippen molar-refractivity contribution in [2.75, 3.05) is 18.6 Å². The number of carbonyl (C=O) groups excluding carboxylic acids is 2. The SMILES string of the molecule is CN(C(=O)N[C@H](CCC(N)=O)C(=O)O)C1CCS(=O)(=O)C1. The third-order valence-electron chi connectivity index (χ3n) is 3.35. The maximum Gasteiger partial charge on any atom is 0.326 e. The molecule has 0 aromatic carbocycles. The summed E-state index contributed by atoms with van der Waals surface area (Å²) < 4.78 is 22.7. The normalized spacial score (nSPS) is 21.5. The van der Waals surface area contributed by atoms with E-state index in [9.17, 15) is 22.8 Å². The predicted octanol–water partition coefficient (Wildman–Crippen LogP) is -1.47. The van der Waals surface area contributed by atoms with E-state index in [2.05, 4.69) is 5.32 Å². The Bertz CT molecular complexity index is 532. The van der Waals surface area contributed by atoms with Gasteiger partial charge in [-0.1, -0.05) is 0 Å². The second-order valence-electron chi connectivity index (χ2n) is 5.01. The van der Waals surface area contributed by atoms with Gasteiger partial charge < -0.3 is 21.1 Å². The third kappa shape index (κ3) is 5.21. The zero-order valence-corrected chi connectivity index (χ0v) is 12.4. The number of carbonyl (C=O) groups is 3. The first-order valence-electron chi connectivity index (χ1n) is 6.37. The molecule has 1 heterocycles. The molecular formula is C11H19N3O6S. The molecule has 1 aliphatic rings. The van der Waals surface area contributed by atoms with Gasteiger partial charge >= 0.3 is 12.0 Å². The summed E-state index contributed by atoms with van der Waals surface area (Å²) in [6.45, 7) is 0. The van der Waals surface area contributed by atoms with Gasteiger partial charge in [0.2, 0.25) is 5.91 Å². The van der Waals surface area contributed by atoms with E-state index in [1.807, 2.05) is 0 Å². The number of nitrogens with two attached hydrogens (primary N) is 1. The fraction of sp³-hybridized carbons (Fsp3) is 0.727. The number of sulfone groups is 1. The average molecular weight is 321 g/mol. The number of carboxylic acid groups (broad SMARTS) is 1. The van der Waals surface area contributed by atoms with Crippen LogP contribution in [-0.4, -0.2) is 67.0 Å².